The number of benzene rings is 9. The van der Waals surface area contributed by atoms with Crippen molar-refractivity contribution in [3.63, 3.8) is 0 Å². The van der Waals surface area contributed by atoms with Crippen molar-refractivity contribution in [1.29, 1.82) is 0 Å². The summed E-state index contributed by atoms with van der Waals surface area (Å²) in [6.45, 7) is 0. The van der Waals surface area contributed by atoms with E-state index < -0.39 is 5.41 Å². The molecule has 9 aromatic carbocycles. The number of hydrogen-bond donors (Lipinski definition) is 0. The predicted octanol–water partition coefficient (Wildman–Crippen LogP) is 14.7. The second-order valence-corrected chi connectivity index (χ2v) is 16.2. The highest BCUT2D eigenvalue weighted by Gasteiger charge is 2.46. The Morgan fingerprint density at radius 3 is 1.83 bits per heavy atom. The summed E-state index contributed by atoms with van der Waals surface area (Å²) in [4.78, 5) is 5.35. The molecule has 2 heterocycles. The molecular formula is C58H36N2. The third-order valence-corrected chi connectivity index (χ3v) is 13.2. The van der Waals surface area contributed by atoms with Crippen molar-refractivity contribution in [2.45, 2.75) is 5.41 Å². The molecule has 2 aliphatic rings. The van der Waals surface area contributed by atoms with Crippen LogP contribution in [0.5, 0.6) is 0 Å². The topological polar surface area (TPSA) is 17.8 Å². The number of pyridine rings is 1. The molecule has 0 fully saturated rings. The van der Waals surface area contributed by atoms with Crippen molar-refractivity contribution in [1.82, 2.24) is 9.55 Å². The molecule has 0 N–H and O–H groups in total. The molecule has 13 rings (SSSR count). The Labute approximate surface area is 348 Å². The summed E-state index contributed by atoms with van der Waals surface area (Å²) in [6.07, 6.45) is 0. The summed E-state index contributed by atoms with van der Waals surface area (Å²) < 4.78 is 2.42. The molecule has 2 nitrogen and oxygen atoms in total. The molecule has 0 aliphatic heterocycles. The van der Waals surface area contributed by atoms with Crippen LogP contribution >= 0.6 is 0 Å². The lowest BCUT2D eigenvalue weighted by molar-refractivity contribution is 0.768. The van der Waals surface area contributed by atoms with Crippen molar-refractivity contribution < 1.29 is 0 Å². The van der Waals surface area contributed by atoms with Crippen LogP contribution in [0.4, 0.5) is 0 Å². The van der Waals surface area contributed by atoms with Gasteiger partial charge >= 0.3 is 0 Å². The van der Waals surface area contributed by atoms with Crippen molar-refractivity contribution in [3.8, 4) is 61.6 Å². The van der Waals surface area contributed by atoms with Crippen LogP contribution in [0.2, 0.25) is 0 Å². The van der Waals surface area contributed by atoms with Gasteiger partial charge in [-0.1, -0.05) is 176 Å². The number of aromatic nitrogens is 2. The zero-order valence-electron chi connectivity index (χ0n) is 32.7. The Kier molecular flexibility index (Phi) is 6.97. The van der Waals surface area contributed by atoms with Crippen molar-refractivity contribution in [3.05, 3.63) is 241 Å². The van der Waals surface area contributed by atoms with E-state index in [0.717, 1.165) is 22.6 Å². The first-order valence-corrected chi connectivity index (χ1v) is 20.8. The largest absolute Gasteiger partial charge is 0.309 e. The molecule has 0 unspecified atom stereocenters. The minimum absolute atomic E-state index is 0.410. The van der Waals surface area contributed by atoms with Gasteiger partial charge in [0.15, 0.2) is 0 Å². The maximum atomic E-state index is 5.35. The van der Waals surface area contributed by atoms with Gasteiger partial charge in [-0.25, -0.2) is 4.98 Å². The molecule has 11 aromatic rings. The summed E-state index contributed by atoms with van der Waals surface area (Å²) in [5, 5.41) is 4.94. The van der Waals surface area contributed by atoms with Crippen molar-refractivity contribution in [2.75, 3.05) is 0 Å². The minimum Gasteiger partial charge on any atom is -0.309 e. The van der Waals surface area contributed by atoms with Crippen LogP contribution < -0.4 is 0 Å². The molecule has 0 amide bonds. The zero-order valence-corrected chi connectivity index (χ0v) is 32.7. The lowest BCUT2D eigenvalue weighted by atomic mass is 9.67. The SMILES string of the molecule is c1ccc(C2(c3ccccc3)c3ccccc3-c3cc(-c4ccc5c(c4)c4ccccc4n5-c4cccc(-c5cc6cccc7c6c(n5)-c5ccccc5-7)c4)ccc32)cc1. The highest BCUT2D eigenvalue weighted by molar-refractivity contribution is 6.15. The van der Waals surface area contributed by atoms with Crippen LogP contribution in [0.25, 0.3) is 94.2 Å². The van der Waals surface area contributed by atoms with Gasteiger partial charge in [-0.3, -0.25) is 0 Å². The lowest BCUT2D eigenvalue weighted by Crippen LogP contribution is -2.28. The monoisotopic (exact) mass is 760 g/mol. The third-order valence-electron chi connectivity index (χ3n) is 13.2. The molecule has 2 aromatic heterocycles. The van der Waals surface area contributed by atoms with Crippen LogP contribution in [-0.2, 0) is 5.41 Å². The van der Waals surface area contributed by atoms with Crippen LogP contribution in [0, 0.1) is 0 Å². The van der Waals surface area contributed by atoms with E-state index in [1.54, 1.807) is 0 Å². The van der Waals surface area contributed by atoms with E-state index in [1.165, 1.54) is 93.8 Å². The number of rotatable bonds is 5. The van der Waals surface area contributed by atoms with E-state index in [4.69, 9.17) is 4.98 Å². The van der Waals surface area contributed by atoms with Gasteiger partial charge < -0.3 is 4.57 Å². The molecule has 0 radical (unpaired) electrons. The lowest BCUT2D eigenvalue weighted by Gasteiger charge is -2.33. The van der Waals surface area contributed by atoms with Crippen molar-refractivity contribution in [2.24, 2.45) is 0 Å². The number of fused-ring (bicyclic) bond motifs is 9. The molecular weight excluding hydrogens is 725 g/mol. The molecule has 0 bridgehead atoms. The van der Waals surface area contributed by atoms with Crippen LogP contribution in [0.15, 0.2) is 218 Å². The second kappa shape index (κ2) is 12.6. The van der Waals surface area contributed by atoms with E-state index in [1.807, 2.05) is 0 Å². The summed E-state index contributed by atoms with van der Waals surface area (Å²) in [5.41, 5.74) is 20.2. The van der Waals surface area contributed by atoms with E-state index in [2.05, 4.69) is 223 Å². The molecule has 0 saturated heterocycles. The number of nitrogens with zero attached hydrogens (tertiary/aromatic N) is 2. The van der Waals surface area contributed by atoms with Gasteiger partial charge in [0, 0.05) is 33.0 Å². The molecule has 0 spiro atoms. The fraction of sp³-hybridized carbons (Fsp3) is 0.0172. The van der Waals surface area contributed by atoms with Gasteiger partial charge in [-0.05, 0) is 103 Å². The Balaban J connectivity index is 0.954. The average molecular weight is 761 g/mol. The normalized spacial score (nSPS) is 13.1. The van der Waals surface area contributed by atoms with Gasteiger partial charge in [-0.15, -0.1) is 0 Å². The second-order valence-electron chi connectivity index (χ2n) is 16.2. The molecule has 60 heavy (non-hydrogen) atoms. The maximum absolute atomic E-state index is 5.35. The molecule has 2 heteroatoms. The fourth-order valence-electron chi connectivity index (χ4n) is 10.7. The van der Waals surface area contributed by atoms with Gasteiger partial charge in [-0.2, -0.15) is 0 Å². The summed E-state index contributed by atoms with van der Waals surface area (Å²) in [6, 6.07) is 80.4. The Bertz CT molecular complexity index is 3500. The average Bonchev–Trinajstić information content (AvgIpc) is 3.94. The van der Waals surface area contributed by atoms with Crippen molar-refractivity contribution >= 4 is 32.6 Å². The fourth-order valence-corrected chi connectivity index (χ4v) is 10.7. The predicted molar refractivity (Wildman–Crippen MR) is 249 cm³/mol. The standard InChI is InChI=1S/C58H36N2/c1-3-17-41(18-4-1)58(42-19-5-2-6-20-42)51-27-11-9-23-45(51)49-34-37(29-31-52(49)58)38-30-32-55-50(35-38)46-24-10-12-28-54(46)60(55)43-21-13-15-39(33-43)53-36-40-16-14-26-47-44-22-7-8-25-48(44)57(59-53)56(40)47/h1-36H. The van der Waals surface area contributed by atoms with Gasteiger partial charge in [0.25, 0.3) is 0 Å². The number of hydrogen-bond acceptors (Lipinski definition) is 1. The van der Waals surface area contributed by atoms with E-state index in [9.17, 15) is 0 Å². The van der Waals surface area contributed by atoms with Crippen LogP contribution in [0.1, 0.15) is 22.3 Å². The minimum atomic E-state index is -0.410. The van der Waals surface area contributed by atoms with E-state index in [0.29, 0.717) is 0 Å². The summed E-state index contributed by atoms with van der Waals surface area (Å²) >= 11 is 0. The smallest absolute Gasteiger partial charge is 0.0800 e. The number of para-hydroxylation sites is 1. The quantitative estimate of drug-likeness (QED) is 0.171. The molecule has 278 valence electrons. The van der Waals surface area contributed by atoms with E-state index >= 15 is 0 Å². The highest BCUT2D eigenvalue weighted by atomic mass is 15.0. The first-order chi connectivity index (χ1) is 29.8. The van der Waals surface area contributed by atoms with Crippen LogP contribution in [0.3, 0.4) is 0 Å². The van der Waals surface area contributed by atoms with Gasteiger partial charge in [0.1, 0.15) is 0 Å². The van der Waals surface area contributed by atoms with Gasteiger partial charge in [0.05, 0.1) is 27.8 Å². The maximum Gasteiger partial charge on any atom is 0.0800 e. The molecule has 0 atom stereocenters. The Morgan fingerprint density at radius 2 is 1.00 bits per heavy atom. The zero-order chi connectivity index (χ0) is 39.4. The van der Waals surface area contributed by atoms with E-state index in [-0.39, 0.29) is 0 Å². The highest BCUT2D eigenvalue weighted by Crippen LogP contribution is 2.57. The third kappa shape index (κ3) is 4.56. The first-order valence-electron chi connectivity index (χ1n) is 20.8. The first kappa shape index (κ1) is 33.2. The molecule has 2 aliphatic carbocycles. The summed E-state index contributed by atoms with van der Waals surface area (Å²) in [7, 11) is 0. The van der Waals surface area contributed by atoms with Gasteiger partial charge in [0.2, 0.25) is 0 Å². The van der Waals surface area contributed by atoms with Crippen LogP contribution in [-0.4, -0.2) is 9.55 Å². The molecule has 0 saturated carbocycles. The Hall–Kier alpha value is -7.81. The summed E-state index contributed by atoms with van der Waals surface area (Å²) in [5.74, 6) is 0. The Morgan fingerprint density at radius 1 is 0.367 bits per heavy atom.